The third-order valence-corrected chi connectivity index (χ3v) is 3.88. The van der Waals surface area contributed by atoms with E-state index in [9.17, 15) is 14.7 Å². The van der Waals surface area contributed by atoms with E-state index >= 15 is 0 Å². The van der Waals surface area contributed by atoms with Gasteiger partial charge in [-0.2, -0.15) is 0 Å². The summed E-state index contributed by atoms with van der Waals surface area (Å²) in [5.74, 6) is -1.33. The molecule has 0 aliphatic carbocycles. The Hall–Kier alpha value is -3.22. The molecule has 0 spiro atoms. The zero-order valence-electron chi connectivity index (χ0n) is 13.7. The number of carbonyl (C=O) groups excluding carboxylic acids is 1. The highest BCUT2D eigenvalue weighted by Crippen LogP contribution is 2.34. The highest BCUT2D eigenvalue weighted by molar-refractivity contribution is 5.76. The van der Waals surface area contributed by atoms with E-state index in [0.29, 0.717) is 22.4 Å². The number of hydrogen-bond acceptors (Lipinski definition) is 7. The Kier molecular flexibility index (Phi) is 4.47. The minimum absolute atomic E-state index is 0.0265. The SMILES string of the molecule is COC(=O)CC(c1ccc2nccnc2c1)c1oc(C)cc(=O)c1O. The molecule has 2 heterocycles. The molecule has 25 heavy (non-hydrogen) atoms. The van der Waals surface area contributed by atoms with Crippen molar-refractivity contribution in [1.29, 1.82) is 0 Å². The van der Waals surface area contributed by atoms with Crippen LogP contribution in [0.5, 0.6) is 5.75 Å². The number of aryl methyl sites for hydroxylation is 1. The molecule has 7 heteroatoms. The lowest BCUT2D eigenvalue weighted by atomic mass is 9.92. The maximum absolute atomic E-state index is 11.9. The van der Waals surface area contributed by atoms with Gasteiger partial charge in [0.05, 0.1) is 30.5 Å². The van der Waals surface area contributed by atoms with E-state index in [4.69, 9.17) is 9.15 Å². The molecule has 1 aromatic carbocycles. The molecule has 7 nitrogen and oxygen atoms in total. The van der Waals surface area contributed by atoms with Gasteiger partial charge in [-0.3, -0.25) is 19.6 Å². The molecular formula is C18H16N2O5. The summed E-state index contributed by atoms with van der Waals surface area (Å²) in [4.78, 5) is 32.2. The average molecular weight is 340 g/mol. The van der Waals surface area contributed by atoms with Gasteiger partial charge in [0.2, 0.25) is 11.2 Å². The van der Waals surface area contributed by atoms with Gasteiger partial charge in [0, 0.05) is 18.5 Å². The predicted octanol–water partition coefficient (Wildman–Crippen LogP) is 2.29. The first-order valence-corrected chi connectivity index (χ1v) is 7.60. The van der Waals surface area contributed by atoms with E-state index in [-0.39, 0.29) is 12.2 Å². The highest BCUT2D eigenvalue weighted by atomic mass is 16.5. The Morgan fingerprint density at radius 3 is 2.68 bits per heavy atom. The molecule has 0 fully saturated rings. The predicted molar refractivity (Wildman–Crippen MR) is 89.4 cm³/mol. The monoisotopic (exact) mass is 340 g/mol. The number of methoxy groups -OCH3 is 1. The number of rotatable bonds is 4. The van der Waals surface area contributed by atoms with Gasteiger partial charge in [0.1, 0.15) is 5.76 Å². The number of ether oxygens (including phenoxy) is 1. The highest BCUT2D eigenvalue weighted by Gasteiger charge is 2.26. The van der Waals surface area contributed by atoms with E-state index in [1.54, 1.807) is 37.5 Å². The van der Waals surface area contributed by atoms with Crippen LogP contribution in [-0.2, 0) is 9.53 Å². The molecule has 0 saturated carbocycles. The van der Waals surface area contributed by atoms with E-state index < -0.39 is 23.1 Å². The second-order valence-corrected chi connectivity index (χ2v) is 5.57. The number of nitrogens with zero attached hydrogens (tertiary/aromatic N) is 2. The molecule has 0 bridgehead atoms. The molecule has 128 valence electrons. The summed E-state index contributed by atoms with van der Waals surface area (Å²) >= 11 is 0. The van der Waals surface area contributed by atoms with Crippen molar-refractivity contribution in [3.63, 3.8) is 0 Å². The van der Waals surface area contributed by atoms with Crippen molar-refractivity contribution >= 4 is 17.0 Å². The second kappa shape index (κ2) is 6.72. The third-order valence-electron chi connectivity index (χ3n) is 3.88. The van der Waals surface area contributed by atoms with Crippen LogP contribution in [0.2, 0.25) is 0 Å². The fraction of sp³-hybridized carbons (Fsp3) is 0.222. The maximum Gasteiger partial charge on any atom is 0.306 e. The van der Waals surface area contributed by atoms with Gasteiger partial charge in [-0.05, 0) is 24.6 Å². The largest absolute Gasteiger partial charge is 0.502 e. The molecule has 0 amide bonds. The van der Waals surface area contributed by atoms with Crippen molar-refractivity contribution in [2.45, 2.75) is 19.3 Å². The molecule has 3 aromatic rings. The number of carbonyl (C=O) groups is 1. The summed E-state index contributed by atoms with van der Waals surface area (Å²) in [5.41, 5.74) is 1.42. The minimum atomic E-state index is -0.688. The van der Waals surface area contributed by atoms with Gasteiger partial charge < -0.3 is 14.3 Å². The van der Waals surface area contributed by atoms with Crippen LogP contribution < -0.4 is 5.43 Å². The van der Waals surface area contributed by atoms with Crippen LogP contribution in [0.4, 0.5) is 0 Å². The van der Waals surface area contributed by atoms with Gasteiger partial charge >= 0.3 is 5.97 Å². The first-order chi connectivity index (χ1) is 12.0. The summed E-state index contributed by atoms with van der Waals surface area (Å²) < 4.78 is 10.3. The fourth-order valence-corrected chi connectivity index (χ4v) is 2.67. The molecule has 0 aliphatic heterocycles. The first kappa shape index (κ1) is 16.6. The summed E-state index contributed by atoms with van der Waals surface area (Å²) in [7, 11) is 1.28. The van der Waals surface area contributed by atoms with Crippen LogP contribution in [0.25, 0.3) is 11.0 Å². The van der Waals surface area contributed by atoms with Crippen LogP contribution in [0.15, 0.2) is 45.9 Å². The molecule has 0 radical (unpaired) electrons. The van der Waals surface area contributed by atoms with Crippen molar-refractivity contribution in [1.82, 2.24) is 9.97 Å². The molecule has 0 saturated heterocycles. The average Bonchev–Trinajstić information content (AvgIpc) is 2.62. The molecule has 2 aromatic heterocycles. The smallest absolute Gasteiger partial charge is 0.306 e. The lowest BCUT2D eigenvalue weighted by Gasteiger charge is -2.17. The third kappa shape index (κ3) is 3.35. The van der Waals surface area contributed by atoms with Crippen LogP contribution in [0.1, 0.15) is 29.4 Å². The van der Waals surface area contributed by atoms with Gasteiger partial charge in [-0.25, -0.2) is 0 Å². The Morgan fingerprint density at radius 2 is 1.96 bits per heavy atom. The first-order valence-electron chi connectivity index (χ1n) is 7.60. The van der Waals surface area contributed by atoms with E-state index in [0.717, 1.165) is 0 Å². The van der Waals surface area contributed by atoms with E-state index in [1.165, 1.54) is 13.2 Å². The van der Waals surface area contributed by atoms with Crippen molar-refractivity contribution in [3.8, 4) is 5.75 Å². The van der Waals surface area contributed by atoms with Crippen LogP contribution >= 0.6 is 0 Å². The van der Waals surface area contributed by atoms with Crippen LogP contribution in [-0.4, -0.2) is 28.2 Å². The lowest BCUT2D eigenvalue weighted by molar-refractivity contribution is -0.140. The number of benzene rings is 1. The number of fused-ring (bicyclic) bond motifs is 1. The molecule has 3 rings (SSSR count). The van der Waals surface area contributed by atoms with Crippen molar-refractivity contribution in [2.24, 2.45) is 0 Å². The minimum Gasteiger partial charge on any atom is -0.502 e. The Bertz CT molecular complexity index is 996. The molecule has 1 N–H and O–H groups in total. The fourth-order valence-electron chi connectivity index (χ4n) is 2.67. The zero-order chi connectivity index (χ0) is 18.0. The molecule has 0 aliphatic rings. The normalized spacial score (nSPS) is 12.1. The van der Waals surface area contributed by atoms with Gasteiger partial charge in [-0.1, -0.05) is 6.07 Å². The van der Waals surface area contributed by atoms with Crippen molar-refractivity contribution in [3.05, 3.63) is 64.0 Å². The van der Waals surface area contributed by atoms with E-state index in [1.807, 2.05) is 0 Å². The standard InChI is InChI=1S/C18H16N2O5/c1-10-7-15(21)17(23)18(25-10)12(9-16(22)24-2)11-3-4-13-14(8-11)20-6-5-19-13/h3-8,12,23H,9H2,1-2H3. The zero-order valence-corrected chi connectivity index (χ0v) is 13.7. The van der Waals surface area contributed by atoms with Gasteiger partial charge in [-0.15, -0.1) is 0 Å². The Morgan fingerprint density at radius 1 is 1.24 bits per heavy atom. The number of hydrogen-bond donors (Lipinski definition) is 1. The molecule has 1 unspecified atom stereocenters. The molecular weight excluding hydrogens is 324 g/mol. The lowest BCUT2D eigenvalue weighted by Crippen LogP contribution is -2.13. The number of esters is 1. The van der Waals surface area contributed by atoms with E-state index in [2.05, 4.69) is 9.97 Å². The quantitative estimate of drug-likeness (QED) is 0.727. The summed E-state index contributed by atoms with van der Waals surface area (Å²) in [6.07, 6.45) is 3.05. The van der Waals surface area contributed by atoms with Gasteiger partial charge in [0.25, 0.3) is 0 Å². The van der Waals surface area contributed by atoms with Gasteiger partial charge in [0.15, 0.2) is 5.76 Å². The summed E-state index contributed by atoms with van der Waals surface area (Å²) in [5, 5.41) is 10.2. The topological polar surface area (TPSA) is 103 Å². The van der Waals surface area contributed by atoms with Crippen molar-refractivity contribution < 1.29 is 19.1 Å². The van der Waals surface area contributed by atoms with Crippen LogP contribution in [0, 0.1) is 6.92 Å². The molecule has 1 atom stereocenters. The van der Waals surface area contributed by atoms with Crippen molar-refractivity contribution in [2.75, 3.05) is 7.11 Å². The maximum atomic E-state index is 11.9. The van der Waals surface area contributed by atoms with Crippen LogP contribution in [0.3, 0.4) is 0 Å². The Balaban J connectivity index is 2.17. The summed E-state index contributed by atoms with van der Waals surface area (Å²) in [6, 6.07) is 6.46. The number of aromatic nitrogens is 2. The Labute approximate surface area is 142 Å². The number of aromatic hydroxyl groups is 1. The second-order valence-electron chi connectivity index (χ2n) is 5.57. The summed E-state index contributed by atoms with van der Waals surface area (Å²) in [6.45, 7) is 1.60.